The molecule has 5 nitrogen and oxygen atoms in total. The van der Waals surface area contributed by atoms with Gasteiger partial charge >= 0.3 is 0 Å². The van der Waals surface area contributed by atoms with Crippen LogP contribution in [-0.4, -0.2) is 48.2 Å². The van der Waals surface area contributed by atoms with Crippen molar-refractivity contribution in [1.29, 1.82) is 0 Å². The summed E-state index contributed by atoms with van der Waals surface area (Å²) in [6.45, 7) is 11.5. The summed E-state index contributed by atoms with van der Waals surface area (Å²) in [6, 6.07) is 3.61. The van der Waals surface area contributed by atoms with Crippen LogP contribution in [0.2, 0.25) is 0 Å². The zero-order valence-electron chi connectivity index (χ0n) is 15.3. The van der Waals surface area contributed by atoms with Crippen LogP contribution in [0.3, 0.4) is 0 Å². The Morgan fingerprint density at radius 3 is 2.33 bits per heavy atom. The lowest BCUT2D eigenvalue weighted by Crippen LogP contribution is -2.37. The zero-order valence-corrected chi connectivity index (χ0v) is 15.3. The number of amides is 1. The van der Waals surface area contributed by atoms with Crippen LogP contribution in [0.4, 0.5) is 0 Å². The van der Waals surface area contributed by atoms with Crippen molar-refractivity contribution < 1.29 is 14.3 Å². The molecular formula is C19H30N2O3. The van der Waals surface area contributed by atoms with Crippen LogP contribution in [0.15, 0.2) is 18.3 Å². The lowest BCUT2D eigenvalue weighted by Gasteiger charge is -2.26. The van der Waals surface area contributed by atoms with E-state index in [1.54, 1.807) is 12.3 Å². The van der Waals surface area contributed by atoms with Crippen molar-refractivity contribution in [3.8, 4) is 5.88 Å². The molecule has 0 unspecified atom stereocenters. The highest BCUT2D eigenvalue weighted by atomic mass is 16.5. The smallest absolute Gasteiger partial charge is 0.255 e. The van der Waals surface area contributed by atoms with E-state index in [0.29, 0.717) is 23.3 Å². The average Bonchev–Trinajstić information content (AvgIpc) is 2.54. The molecule has 0 aromatic carbocycles. The number of carbonyl (C=O) groups is 1. The Labute approximate surface area is 145 Å². The molecule has 2 rings (SSSR count). The minimum atomic E-state index is 0.0440. The van der Waals surface area contributed by atoms with Gasteiger partial charge in [0, 0.05) is 38.2 Å². The minimum absolute atomic E-state index is 0.0440. The Kier molecular flexibility index (Phi) is 7.03. The summed E-state index contributed by atoms with van der Waals surface area (Å²) in [5.74, 6) is 1.51. The molecule has 1 fully saturated rings. The summed E-state index contributed by atoms with van der Waals surface area (Å²) >= 11 is 0. The molecule has 0 atom stereocenters. The SMILES string of the molecule is CC(C)CN(CC(C)C)C(=O)c1ccc(OC2CCOCC2)nc1. The van der Waals surface area contributed by atoms with E-state index in [1.807, 2.05) is 11.0 Å². The molecule has 0 radical (unpaired) electrons. The number of nitrogens with zero attached hydrogens (tertiary/aromatic N) is 2. The van der Waals surface area contributed by atoms with E-state index < -0.39 is 0 Å². The first-order valence-electron chi connectivity index (χ1n) is 8.95. The number of aromatic nitrogens is 1. The number of hydrogen-bond acceptors (Lipinski definition) is 4. The van der Waals surface area contributed by atoms with Crippen LogP contribution in [0, 0.1) is 11.8 Å². The molecule has 2 heterocycles. The molecule has 0 aliphatic carbocycles. The molecule has 0 spiro atoms. The molecular weight excluding hydrogens is 304 g/mol. The maximum Gasteiger partial charge on any atom is 0.255 e. The molecule has 134 valence electrons. The van der Waals surface area contributed by atoms with Gasteiger partial charge in [0.25, 0.3) is 5.91 Å². The summed E-state index contributed by atoms with van der Waals surface area (Å²) in [7, 11) is 0. The van der Waals surface area contributed by atoms with Crippen molar-refractivity contribution in [2.75, 3.05) is 26.3 Å². The van der Waals surface area contributed by atoms with Gasteiger partial charge in [0.05, 0.1) is 18.8 Å². The lowest BCUT2D eigenvalue weighted by atomic mass is 10.1. The van der Waals surface area contributed by atoms with Crippen LogP contribution in [0.1, 0.15) is 50.9 Å². The van der Waals surface area contributed by atoms with Gasteiger partial charge in [-0.15, -0.1) is 0 Å². The van der Waals surface area contributed by atoms with Gasteiger partial charge in [-0.25, -0.2) is 4.98 Å². The minimum Gasteiger partial charge on any atom is -0.474 e. The first-order valence-corrected chi connectivity index (χ1v) is 8.95. The second kappa shape index (κ2) is 9.02. The fourth-order valence-corrected chi connectivity index (χ4v) is 2.85. The van der Waals surface area contributed by atoms with Crippen molar-refractivity contribution in [3.63, 3.8) is 0 Å². The van der Waals surface area contributed by atoms with Crippen LogP contribution < -0.4 is 4.74 Å². The van der Waals surface area contributed by atoms with Gasteiger partial charge < -0.3 is 14.4 Å². The third-order valence-corrected chi connectivity index (χ3v) is 3.90. The second-order valence-corrected chi connectivity index (χ2v) is 7.31. The lowest BCUT2D eigenvalue weighted by molar-refractivity contribution is 0.0237. The molecule has 1 aromatic heterocycles. The first kappa shape index (κ1) is 18.7. The molecule has 1 amide bonds. The Hall–Kier alpha value is -1.62. The van der Waals surface area contributed by atoms with Gasteiger partial charge in [0.1, 0.15) is 6.10 Å². The Balaban J connectivity index is 2.00. The van der Waals surface area contributed by atoms with E-state index in [2.05, 4.69) is 32.7 Å². The van der Waals surface area contributed by atoms with Crippen molar-refractivity contribution in [2.45, 2.75) is 46.6 Å². The van der Waals surface area contributed by atoms with Crippen molar-refractivity contribution in [3.05, 3.63) is 23.9 Å². The van der Waals surface area contributed by atoms with Gasteiger partial charge in [-0.1, -0.05) is 27.7 Å². The Bertz CT molecular complexity index is 498. The third kappa shape index (κ3) is 5.78. The van der Waals surface area contributed by atoms with Gasteiger partial charge in [0.15, 0.2) is 0 Å². The highest BCUT2D eigenvalue weighted by Gasteiger charge is 2.19. The largest absolute Gasteiger partial charge is 0.474 e. The average molecular weight is 334 g/mol. The number of carbonyl (C=O) groups excluding carboxylic acids is 1. The fraction of sp³-hybridized carbons (Fsp3) is 0.684. The number of rotatable bonds is 7. The van der Waals surface area contributed by atoms with Crippen LogP contribution in [0.5, 0.6) is 5.88 Å². The number of ether oxygens (including phenoxy) is 2. The van der Waals surface area contributed by atoms with E-state index in [1.165, 1.54) is 0 Å². The molecule has 1 aliphatic rings. The van der Waals surface area contributed by atoms with E-state index >= 15 is 0 Å². The maximum absolute atomic E-state index is 12.7. The summed E-state index contributed by atoms with van der Waals surface area (Å²) in [5.41, 5.74) is 0.621. The third-order valence-electron chi connectivity index (χ3n) is 3.90. The Morgan fingerprint density at radius 2 is 1.83 bits per heavy atom. The van der Waals surface area contributed by atoms with Gasteiger partial charge in [-0.3, -0.25) is 4.79 Å². The predicted octanol–water partition coefficient (Wildman–Crippen LogP) is 3.39. The Morgan fingerprint density at radius 1 is 1.21 bits per heavy atom. The molecule has 5 heteroatoms. The van der Waals surface area contributed by atoms with Crippen LogP contribution >= 0.6 is 0 Å². The van der Waals surface area contributed by atoms with Crippen molar-refractivity contribution >= 4 is 5.91 Å². The van der Waals surface area contributed by atoms with Gasteiger partial charge in [-0.2, -0.15) is 0 Å². The molecule has 24 heavy (non-hydrogen) atoms. The summed E-state index contributed by atoms with van der Waals surface area (Å²) in [6.07, 6.45) is 3.56. The highest BCUT2D eigenvalue weighted by Crippen LogP contribution is 2.17. The van der Waals surface area contributed by atoms with E-state index in [4.69, 9.17) is 9.47 Å². The quantitative estimate of drug-likeness (QED) is 0.767. The summed E-state index contributed by atoms with van der Waals surface area (Å²) in [4.78, 5) is 19.0. The molecule has 0 saturated carbocycles. The normalized spacial score (nSPS) is 15.8. The maximum atomic E-state index is 12.7. The summed E-state index contributed by atoms with van der Waals surface area (Å²) in [5, 5.41) is 0. The zero-order chi connectivity index (χ0) is 17.5. The molecule has 1 saturated heterocycles. The highest BCUT2D eigenvalue weighted by molar-refractivity contribution is 5.94. The van der Waals surface area contributed by atoms with E-state index in [-0.39, 0.29) is 12.0 Å². The van der Waals surface area contributed by atoms with Crippen LogP contribution in [-0.2, 0) is 4.74 Å². The second-order valence-electron chi connectivity index (χ2n) is 7.31. The van der Waals surface area contributed by atoms with Gasteiger partial charge in [0.2, 0.25) is 5.88 Å². The predicted molar refractivity (Wildman–Crippen MR) is 94.3 cm³/mol. The molecule has 1 aliphatic heterocycles. The van der Waals surface area contributed by atoms with E-state index in [9.17, 15) is 4.79 Å². The molecule has 0 bridgehead atoms. The summed E-state index contributed by atoms with van der Waals surface area (Å²) < 4.78 is 11.2. The van der Waals surface area contributed by atoms with E-state index in [0.717, 1.165) is 39.1 Å². The topological polar surface area (TPSA) is 51.7 Å². The van der Waals surface area contributed by atoms with Crippen molar-refractivity contribution in [1.82, 2.24) is 9.88 Å². The van der Waals surface area contributed by atoms with Crippen LogP contribution in [0.25, 0.3) is 0 Å². The molecule has 1 aromatic rings. The number of hydrogen-bond donors (Lipinski definition) is 0. The van der Waals surface area contributed by atoms with Crippen molar-refractivity contribution in [2.24, 2.45) is 11.8 Å². The fourth-order valence-electron chi connectivity index (χ4n) is 2.85. The standard InChI is InChI=1S/C19H30N2O3/c1-14(2)12-21(13-15(3)4)19(22)16-5-6-18(20-11-16)24-17-7-9-23-10-8-17/h5-6,11,14-15,17H,7-10,12-13H2,1-4H3. The molecule has 0 N–H and O–H groups in total. The monoisotopic (exact) mass is 334 g/mol. The first-order chi connectivity index (χ1) is 11.5. The van der Waals surface area contributed by atoms with Gasteiger partial charge in [-0.05, 0) is 17.9 Å². The number of pyridine rings is 1.